The number of carbonyl (C=O) groups is 1. The summed E-state index contributed by atoms with van der Waals surface area (Å²) in [5, 5.41) is 18.9. The van der Waals surface area contributed by atoms with Crippen molar-refractivity contribution in [1.29, 1.82) is 0 Å². The van der Waals surface area contributed by atoms with E-state index in [1.54, 1.807) is 6.08 Å². The maximum Gasteiger partial charge on any atom is 0.304 e. The molecule has 1 atom stereocenters. The van der Waals surface area contributed by atoms with Crippen molar-refractivity contribution < 1.29 is 19.7 Å². The van der Waals surface area contributed by atoms with Gasteiger partial charge in [0.15, 0.2) is 0 Å². The predicted octanol–water partition coefficient (Wildman–Crippen LogP) is 4.25. The predicted molar refractivity (Wildman–Crippen MR) is 108 cm³/mol. The number of hydrogen-bond donors (Lipinski definition) is 2. The Balaban J connectivity index is 3.82. The van der Waals surface area contributed by atoms with E-state index in [1.807, 2.05) is 4.90 Å². The molecule has 0 fully saturated rings. The second kappa shape index (κ2) is 18.9. The van der Waals surface area contributed by atoms with E-state index in [0.29, 0.717) is 19.7 Å². The Labute approximate surface area is 160 Å². The first-order valence-electron chi connectivity index (χ1n) is 10.4. The highest BCUT2D eigenvalue weighted by Crippen LogP contribution is 2.11. The monoisotopic (exact) mass is 371 g/mol. The zero-order valence-electron chi connectivity index (χ0n) is 16.8. The molecule has 1 unspecified atom stereocenters. The van der Waals surface area contributed by atoms with E-state index >= 15 is 0 Å². The van der Waals surface area contributed by atoms with Crippen molar-refractivity contribution in [2.45, 2.75) is 83.7 Å². The Morgan fingerprint density at radius 3 is 2.15 bits per heavy atom. The van der Waals surface area contributed by atoms with Gasteiger partial charge in [0.05, 0.1) is 25.7 Å². The second-order valence-corrected chi connectivity index (χ2v) is 7.11. The average molecular weight is 372 g/mol. The number of unbranched alkanes of at least 4 members (excludes halogenated alkanes) is 9. The van der Waals surface area contributed by atoms with Crippen molar-refractivity contribution in [2.24, 2.45) is 0 Å². The van der Waals surface area contributed by atoms with Crippen molar-refractivity contribution in [2.75, 3.05) is 32.8 Å². The van der Waals surface area contributed by atoms with Crippen LogP contribution in [-0.2, 0) is 9.53 Å². The van der Waals surface area contributed by atoms with E-state index in [4.69, 9.17) is 9.84 Å². The summed E-state index contributed by atoms with van der Waals surface area (Å²) >= 11 is 0. The lowest BCUT2D eigenvalue weighted by molar-refractivity contribution is -0.137. The highest BCUT2D eigenvalue weighted by Gasteiger charge is 2.13. The lowest BCUT2D eigenvalue weighted by Crippen LogP contribution is -2.37. The number of aliphatic carboxylic acids is 1. The quantitative estimate of drug-likeness (QED) is 0.247. The van der Waals surface area contributed by atoms with Crippen LogP contribution in [0.5, 0.6) is 0 Å². The molecule has 5 nitrogen and oxygen atoms in total. The van der Waals surface area contributed by atoms with Gasteiger partial charge < -0.3 is 19.8 Å². The smallest absolute Gasteiger partial charge is 0.304 e. The van der Waals surface area contributed by atoms with Gasteiger partial charge in [-0.05, 0) is 13.0 Å². The zero-order chi connectivity index (χ0) is 19.5. The summed E-state index contributed by atoms with van der Waals surface area (Å²) in [6, 6.07) is 0. The van der Waals surface area contributed by atoms with E-state index in [1.165, 1.54) is 57.8 Å². The Morgan fingerprint density at radius 2 is 1.62 bits per heavy atom. The molecule has 0 saturated carbocycles. The van der Waals surface area contributed by atoms with E-state index < -0.39 is 12.1 Å². The number of hydrogen-bond acceptors (Lipinski definition) is 4. The standard InChI is InChI=1S/C21H41NO4/c1-3-5-6-7-8-9-10-11-12-13-15-22(16-14-21(24)25)18-20(23)19-26-17-4-2/h4,20,23H,2-3,5-19H2,1H3,(H,24,25). The molecule has 154 valence electrons. The maximum absolute atomic E-state index is 10.8. The first-order chi connectivity index (χ1) is 12.6. The molecule has 0 aliphatic heterocycles. The molecule has 0 aliphatic rings. The molecule has 0 aliphatic carbocycles. The minimum Gasteiger partial charge on any atom is -0.481 e. The largest absolute Gasteiger partial charge is 0.481 e. The molecular weight excluding hydrogens is 330 g/mol. The Hall–Kier alpha value is -0.910. The van der Waals surface area contributed by atoms with Crippen LogP contribution in [0, 0.1) is 0 Å². The molecule has 0 heterocycles. The van der Waals surface area contributed by atoms with Gasteiger partial charge in [-0.25, -0.2) is 0 Å². The van der Waals surface area contributed by atoms with Crippen LogP contribution >= 0.6 is 0 Å². The lowest BCUT2D eigenvalue weighted by atomic mass is 10.1. The summed E-state index contributed by atoms with van der Waals surface area (Å²) in [5.74, 6) is -0.796. The molecule has 5 heteroatoms. The first-order valence-corrected chi connectivity index (χ1v) is 10.4. The first kappa shape index (κ1) is 25.1. The third kappa shape index (κ3) is 17.9. The van der Waals surface area contributed by atoms with Gasteiger partial charge >= 0.3 is 5.97 Å². The molecule has 0 radical (unpaired) electrons. The van der Waals surface area contributed by atoms with Gasteiger partial charge in [-0.1, -0.05) is 70.8 Å². The highest BCUT2D eigenvalue weighted by atomic mass is 16.5. The Morgan fingerprint density at radius 1 is 1.04 bits per heavy atom. The van der Waals surface area contributed by atoms with Crippen molar-refractivity contribution in [3.05, 3.63) is 12.7 Å². The average Bonchev–Trinajstić information content (AvgIpc) is 2.61. The van der Waals surface area contributed by atoms with Gasteiger partial charge in [-0.2, -0.15) is 0 Å². The molecule has 0 aromatic heterocycles. The van der Waals surface area contributed by atoms with Gasteiger partial charge in [0, 0.05) is 13.1 Å². The summed E-state index contributed by atoms with van der Waals surface area (Å²) in [4.78, 5) is 12.9. The van der Waals surface area contributed by atoms with Gasteiger partial charge in [0.2, 0.25) is 0 Å². The number of aliphatic hydroxyl groups excluding tert-OH is 1. The van der Waals surface area contributed by atoms with Gasteiger partial charge in [0.1, 0.15) is 0 Å². The third-order valence-electron chi connectivity index (χ3n) is 4.48. The number of ether oxygens (including phenoxy) is 1. The fraction of sp³-hybridized carbons (Fsp3) is 0.857. The highest BCUT2D eigenvalue weighted by molar-refractivity contribution is 5.66. The lowest BCUT2D eigenvalue weighted by Gasteiger charge is -2.24. The van der Waals surface area contributed by atoms with Crippen LogP contribution in [0.15, 0.2) is 12.7 Å². The van der Waals surface area contributed by atoms with E-state index in [0.717, 1.165) is 13.0 Å². The molecule has 2 N–H and O–H groups in total. The summed E-state index contributed by atoms with van der Waals surface area (Å²) in [6.45, 7) is 8.27. The molecule has 0 bridgehead atoms. The van der Waals surface area contributed by atoms with Crippen LogP contribution in [0.1, 0.15) is 77.6 Å². The number of carboxylic acids is 1. The Bertz CT molecular complexity index is 336. The number of rotatable bonds is 20. The molecule has 0 aromatic rings. The van der Waals surface area contributed by atoms with Crippen LogP contribution in [-0.4, -0.2) is 60.0 Å². The normalized spacial score (nSPS) is 12.4. The molecule has 26 heavy (non-hydrogen) atoms. The SMILES string of the molecule is C=CCOCC(O)CN(CCCCCCCCCCCC)CCC(=O)O. The van der Waals surface area contributed by atoms with Crippen LogP contribution in [0.2, 0.25) is 0 Å². The minimum absolute atomic E-state index is 0.109. The zero-order valence-corrected chi connectivity index (χ0v) is 16.8. The van der Waals surface area contributed by atoms with Gasteiger partial charge in [0.25, 0.3) is 0 Å². The van der Waals surface area contributed by atoms with Crippen LogP contribution in [0.25, 0.3) is 0 Å². The number of carboxylic acid groups (broad SMARTS) is 1. The fourth-order valence-corrected chi connectivity index (χ4v) is 3.01. The topological polar surface area (TPSA) is 70.0 Å². The van der Waals surface area contributed by atoms with E-state index in [-0.39, 0.29) is 13.0 Å². The van der Waals surface area contributed by atoms with Crippen molar-refractivity contribution in [3.8, 4) is 0 Å². The van der Waals surface area contributed by atoms with Gasteiger partial charge in [-0.15, -0.1) is 6.58 Å². The van der Waals surface area contributed by atoms with Crippen LogP contribution < -0.4 is 0 Å². The second-order valence-electron chi connectivity index (χ2n) is 7.11. The van der Waals surface area contributed by atoms with Crippen molar-refractivity contribution >= 4 is 5.97 Å². The molecular formula is C21H41NO4. The number of aliphatic hydroxyl groups is 1. The Kier molecular flexibility index (Phi) is 18.2. The molecule has 0 spiro atoms. The summed E-state index contributed by atoms with van der Waals surface area (Å²) < 4.78 is 5.27. The summed E-state index contributed by atoms with van der Waals surface area (Å²) in [5.41, 5.74) is 0. The molecule has 0 amide bonds. The molecule has 0 aromatic carbocycles. The van der Waals surface area contributed by atoms with Crippen molar-refractivity contribution in [1.82, 2.24) is 4.90 Å². The summed E-state index contributed by atoms with van der Waals surface area (Å²) in [6.07, 6.45) is 14.0. The maximum atomic E-state index is 10.8. The van der Waals surface area contributed by atoms with E-state index in [9.17, 15) is 9.90 Å². The molecule has 0 rings (SSSR count). The van der Waals surface area contributed by atoms with Crippen LogP contribution in [0.3, 0.4) is 0 Å². The molecule has 0 saturated heterocycles. The van der Waals surface area contributed by atoms with Crippen LogP contribution in [0.4, 0.5) is 0 Å². The number of nitrogens with zero attached hydrogens (tertiary/aromatic N) is 1. The van der Waals surface area contributed by atoms with Crippen molar-refractivity contribution in [3.63, 3.8) is 0 Å². The third-order valence-corrected chi connectivity index (χ3v) is 4.48. The summed E-state index contributed by atoms with van der Waals surface area (Å²) in [7, 11) is 0. The fourth-order valence-electron chi connectivity index (χ4n) is 3.01. The van der Waals surface area contributed by atoms with Gasteiger partial charge in [-0.3, -0.25) is 4.79 Å². The minimum atomic E-state index is -0.796. The van der Waals surface area contributed by atoms with E-state index in [2.05, 4.69) is 13.5 Å².